The van der Waals surface area contributed by atoms with Crippen LogP contribution in [0.1, 0.15) is 25.0 Å². The Morgan fingerprint density at radius 1 is 1.44 bits per heavy atom. The van der Waals surface area contributed by atoms with Gasteiger partial charge >= 0.3 is 0 Å². The lowest BCUT2D eigenvalue weighted by Crippen LogP contribution is -2.21. The maximum absolute atomic E-state index is 7.09. The second-order valence-electron chi connectivity index (χ2n) is 4.28. The molecule has 0 N–H and O–H groups in total. The van der Waals surface area contributed by atoms with E-state index in [4.69, 9.17) is 6.57 Å². The van der Waals surface area contributed by atoms with E-state index in [1.165, 1.54) is 21.7 Å². The van der Waals surface area contributed by atoms with Crippen LogP contribution in [0.3, 0.4) is 0 Å². The third-order valence-electron chi connectivity index (χ3n) is 2.82. The van der Waals surface area contributed by atoms with Crippen molar-refractivity contribution in [2.75, 3.05) is 5.88 Å². The normalized spacial score (nSPS) is 14.2. The van der Waals surface area contributed by atoms with Crippen molar-refractivity contribution in [3.05, 3.63) is 34.7 Å². The Hall–Kier alpha value is -1.27. The SMILES string of the molecule is [C-]#[N+]c1cc(C)c2c(c1)C[N+](=C(C)C)CS2. The monoisotopic (exact) mass is 231 g/mol. The predicted molar refractivity (Wildman–Crippen MR) is 68.5 cm³/mol. The highest BCUT2D eigenvalue weighted by molar-refractivity contribution is 7.99. The second kappa shape index (κ2) is 4.31. The van der Waals surface area contributed by atoms with Crippen molar-refractivity contribution in [2.24, 2.45) is 0 Å². The van der Waals surface area contributed by atoms with Gasteiger partial charge in [0.15, 0.2) is 18.1 Å². The summed E-state index contributed by atoms with van der Waals surface area (Å²) in [6.07, 6.45) is 0. The maximum Gasteiger partial charge on any atom is 0.193 e. The molecule has 0 amide bonds. The summed E-state index contributed by atoms with van der Waals surface area (Å²) in [5.41, 5.74) is 4.63. The first-order valence-corrected chi connectivity index (χ1v) is 6.29. The lowest BCUT2D eigenvalue weighted by atomic mass is 10.1. The van der Waals surface area contributed by atoms with Crippen molar-refractivity contribution in [3.8, 4) is 0 Å². The number of aryl methyl sites for hydroxylation is 1. The predicted octanol–water partition coefficient (Wildman–Crippen LogP) is 3.60. The number of rotatable bonds is 0. The zero-order valence-corrected chi connectivity index (χ0v) is 10.7. The van der Waals surface area contributed by atoms with Crippen LogP contribution >= 0.6 is 11.8 Å². The molecule has 0 radical (unpaired) electrons. The van der Waals surface area contributed by atoms with E-state index in [1.807, 2.05) is 23.9 Å². The molecule has 0 saturated carbocycles. The van der Waals surface area contributed by atoms with Crippen LogP contribution in [0.25, 0.3) is 4.85 Å². The minimum Gasteiger partial charge on any atom is -0.238 e. The Balaban J connectivity index is 2.49. The largest absolute Gasteiger partial charge is 0.238 e. The number of thioether (sulfide) groups is 1. The first-order valence-electron chi connectivity index (χ1n) is 5.30. The van der Waals surface area contributed by atoms with E-state index < -0.39 is 0 Å². The molecule has 2 nitrogen and oxygen atoms in total. The summed E-state index contributed by atoms with van der Waals surface area (Å²) in [4.78, 5) is 4.89. The van der Waals surface area contributed by atoms with Crippen molar-refractivity contribution < 1.29 is 4.58 Å². The summed E-state index contributed by atoms with van der Waals surface area (Å²) in [5.74, 6) is 1.02. The average molecular weight is 231 g/mol. The van der Waals surface area contributed by atoms with Gasteiger partial charge in [0.2, 0.25) is 0 Å². The van der Waals surface area contributed by atoms with E-state index >= 15 is 0 Å². The molecule has 1 aromatic rings. The van der Waals surface area contributed by atoms with E-state index in [-0.39, 0.29) is 0 Å². The number of benzene rings is 1. The Kier molecular flexibility index (Phi) is 3.02. The van der Waals surface area contributed by atoms with Gasteiger partial charge in [-0.05, 0) is 18.6 Å². The molecule has 16 heavy (non-hydrogen) atoms. The van der Waals surface area contributed by atoms with Crippen molar-refractivity contribution in [3.63, 3.8) is 0 Å². The molecule has 0 aromatic heterocycles. The second-order valence-corrected chi connectivity index (χ2v) is 5.24. The van der Waals surface area contributed by atoms with E-state index in [1.54, 1.807) is 0 Å². The molecule has 0 atom stereocenters. The summed E-state index contributed by atoms with van der Waals surface area (Å²) >= 11 is 1.87. The fourth-order valence-electron chi connectivity index (χ4n) is 1.90. The van der Waals surface area contributed by atoms with Gasteiger partial charge in [-0.3, -0.25) is 0 Å². The van der Waals surface area contributed by atoms with Gasteiger partial charge in [-0.25, -0.2) is 9.42 Å². The van der Waals surface area contributed by atoms with Crippen LogP contribution < -0.4 is 0 Å². The quantitative estimate of drug-likeness (QED) is 0.489. The minimum atomic E-state index is 0.757. The van der Waals surface area contributed by atoms with Crippen molar-refractivity contribution in [1.29, 1.82) is 0 Å². The molecule has 1 aliphatic rings. The van der Waals surface area contributed by atoms with Gasteiger partial charge in [0, 0.05) is 24.3 Å². The van der Waals surface area contributed by atoms with Crippen molar-refractivity contribution in [2.45, 2.75) is 32.2 Å². The van der Waals surface area contributed by atoms with E-state index in [0.29, 0.717) is 0 Å². The molecule has 0 aliphatic carbocycles. The van der Waals surface area contributed by atoms with Gasteiger partial charge in [-0.15, -0.1) is 0 Å². The smallest absolute Gasteiger partial charge is 0.193 e. The molecule has 1 aromatic carbocycles. The summed E-state index contributed by atoms with van der Waals surface area (Å²) in [7, 11) is 0. The number of hydrogen-bond donors (Lipinski definition) is 0. The summed E-state index contributed by atoms with van der Waals surface area (Å²) in [6, 6.07) is 4.01. The molecule has 1 aliphatic heterocycles. The summed E-state index contributed by atoms with van der Waals surface area (Å²) in [5, 5.41) is 0. The summed E-state index contributed by atoms with van der Waals surface area (Å²) in [6.45, 7) is 14.4. The molecule has 0 saturated heterocycles. The highest BCUT2D eigenvalue weighted by Gasteiger charge is 2.21. The zero-order valence-electron chi connectivity index (χ0n) is 9.87. The van der Waals surface area contributed by atoms with Crippen molar-refractivity contribution >= 4 is 23.2 Å². The van der Waals surface area contributed by atoms with Gasteiger partial charge in [0.25, 0.3) is 0 Å². The molecular weight excluding hydrogens is 216 g/mol. The first kappa shape index (κ1) is 11.2. The number of hydrogen-bond acceptors (Lipinski definition) is 1. The Labute approximate surface area is 101 Å². The van der Waals surface area contributed by atoms with Crippen LogP contribution in [0.4, 0.5) is 5.69 Å². The van der Waals surface area contributed by atoms with Crippen LogP contribution in [0.2, 0.25) is 0 Å². The van der Waals surface area contributed by atoms with E-state index in [9.17, 15) is 0 Å². The van der Waals surface area contributed by atoms with Crippen LogP contribution in [-0.4, -0.2) is 16.2 Å². The first-order chi connectivity index (χ1) is 7.61. The van der Waals surface area contributed by atoms with Gasteiger partial charge < -0.3 is 0 Å². The van der Waals surface area contributed by atoms with Crippen molar-refractivity contribution in [1.82, 2.24) is 0 Å². The molecule has 0 unspecified atom stereocenters. The maximum atomic E-state index is 7.09. The topological polar surface area (TPSA) is 7.37 Å². The molecule has 0 bridgehead atoms. The molecule has 3 heteroatoms. The number of fused-ring (bicyclic) bond motifs is 1. The lowest BCUT2D eigenvalue weighted by Gasteiger charge is -2.17. The van der Waals surface area contributed by atoms with Gasteiger partial charge in [-0.2, -0.15) is 0 Å². The highest BCUT2D eigenvalue weighted by Crippen LogP contribution is 2.34. The molecule has 82 valence electrons. The molecule has 0 fully saturated rings. The fourth-order valence-corrected chi connectivity index (χ4v) is 3.13. The summed E-state index contributed by atoms with van der Waals surface area (Å²) < 4.78 is 2.35. The van der Waals surface area contributed by atoms with Crippen LogP contribution in [0, 0.1) is 13.5 Å². The third kappa shape index (κ3) is 1.98. The average Bonchev–Trinajstić information content (AvgIpc) is 2.28. The van der Waals surface area contributed by atoms with Crippen LogP contribution in [0.15, 0.2) is 17.0 Å². The third-order valence-corrected chi connectivity index (χ3v) is 4.14. The molecule has 0 spiro atoms. The standard InChI is InChI=1S/C13H15N2S/c1-9(2)15-7-11-6-12(14-4)5-10(3)13(11)16-8-15/h5-6H,7-8H2,1-3H3/q+1. The highest BCUT2D eigenvalue weighted by atomic mass is 32.2. The lowest BCUT2D eigenvalue weighted by molar-refractivity contribution is -0.526. The van der Waals surface area contributed by atoms with Crippen LogP contribution in [0.5, 0.6) is 0 Å². The van der Waals surface area contributed by atoms with Gasteiger partial charge in [0.1, 0.15) is 5.71 Å². The number of nitrogens with zero attached hydrogens (tertiary/aromatic N) is 2. The van der Waals surface area contributed by atoms with Gasteiger partial charge in [-0.1, -0.05) is 17.8 Å². The van der Waals surface area contributed by atoms with Crippen LogP contribution in [-0.2, 0) is 6.54 Å². The van der Waals surface area contributed by atoms with Gasteiger partial charge in [0.05, 0.1) is 6.57 Å². The minimum absolute atomic E-state index is 0.757. The van der Waals surface area contributed by atoms with E-state index in [2.05, 4.69) is 30.2 Å². The van der Waals surface area contributed by atoms with E-state index in [0.717, 1.165) is 18.1 Å². The Morgan fingerprint density at radius 3 is 2.81 bits per heavy atom. The Morgan fingerprint density at radius 2 is 2.19 bits per heavy atom. The molecular formula is C13H15N2S+. The zero-order chi connectivity index (χ0) is 11.7. The molecule has 1 heterocycles. The molecule has 2 rings (SSSR count). The fraction of sp³-hybridized carbons (Fsp3) is 0.385. The Bertz CT molecular complexity index is 505.